The van der Waals surface area contributed by atoms with E-state index in [4.69, 9.17) is 9.47 Å². The first-order valence-corrected chi connectivity index (χ1v) is 9.12. The molecule has 1 amide bonds. The van der Waals surface area contributed by atoms with Gasteiger partial charge in [-0.15, -0.1) is 0 Å². The fraction of sp³-hybridized carbons (Fsp3) is 0.429. The third-order valence-corrected chi connectivity index (χ3v) is 4.54. The van der Waals surface area contributed by atoms with Crippen molar-refractivity contribution in [2.75, 3.05) is 38.2 Å². The highest BCUT2D eigenvalue weighted by Crippen LogP contribution is 2.25. The molecule has 1 aliphatic rings. The van der Waals surface area contributed by atoms with E-state index < -0.39 is 5.60 Å². The third-order valence-electron chi connectivity index (χ3n) is 4.54. The number of anilines is 1. The maximum absolute atomic E-state index is 12.2. The summed E-state index contributed by atoms with van der Waals surface area (Å²) in [6, 6.07) is 11.7. The Morgan fingerprint density at radius 1 is 0.926 bits per heavy atom. The van der Waals surface area contributed by atoms with Crippen LogP contribution >= 0.6 is 0 Å². The predicted molar refractivity (Wildman–Crippen MR) is 105 cm³/mol. The van der Waals surface area contributed by atoms with E-state index in [0.717, 1.165) is 29.5 Å². The fourth-order valence-corrected chi connectivity index (χ4v) is 3.15. The summed E-state index contributed by atoms with van der Waals surface area (Å²) >= 11 is 0. The number of fused-ring (bicyclic) bond motifs is 1. The lowest BCUT2D eigenvalue weighted by molar-refractivity contribution is 0.0240. The highest BCUT2D eigenvalue weighted by Gasteiger charge is 2.26. The van der Waals surface area contributed by atoms with Crippen LogP contribution in [0.25, 0.3) is 10.8 Å². The van der Waals surface area contributed by atoms with Crippen molar-refractivity contribution < 1.29 is 19.1 Å². The standard InChI is InChI=1S/C21H26N2O4/c1-21(2,3)27-20(25)23-11-9-22(10-12-23)18-8-7-15-13-17(19(24)26-4)6-5-16(15)14-18/h5-8,13-14H,9-12H2,1-4H3. The Bertz CT molecular complexity index is 849. The zero-order chi connectivity index (χ0) is 19.6. The summed E-state index contributed by atoms with van der Waals surface area (Å²) in [5.41, 5.74) is 1.18. The number of methoxy groups -OCH3 is 1. The van der Waals surface area contributed by atoms with Crippen LogP contribution in [0.1, 0.15) is 31.1 Å². The van der Waals surface area contributed by atoms with Crippen LogP contribution in [-0.4, -0.2) is 55.9 Å². The molecule has 0 atom stereocenters. The molecule has 6 heteroatoms. The zero-order valence-electron chi connectivity index (χ0n) is 16.3. The molecule has 3 rings (SSSR count). The SMILES string of the molecule is COC(=O)c1ccc2cc(N3CCN(C(=O)OC(C)(C)C)CC3)ccc2c1. The topological polar surface area (TPSA) is 59.1 Å². The van der Waals surface area contributed by atoms with Gasteiger partial charge in [0.25, 0.3) is 0 Å². The average Bonchev–Trinajstić information content (AvgIpc) is 2.65. The molecule has 0 saturated carbocycles. The number of benzene rings is 2. The van der Waals surface area contributed by atoms with Crippen LogP contribution in [0.3, 0.4) is 0 Å². The molecule has 0 spiro atoms. The number of hydrogen-bond donors (Lipinski definition) is 0. The van der Waals surface area contributed by atoms with Gasteiger partial charge in [0, 0.05) is 31.9 Å². The van der Waals surface area contributed by atoms with E-state index in [-0.39, 0.29) is 12.1 Å². The molecule has 6 nitrogen and oxygen atoms in total. The van der Waals surface area contributed by atoms with Crippen molar-refractivity contribution in [1.29, 1.82) is 0 Å². The molecule has 0 aliphatic carbocycles. The van der Waals surface area contributed by atoms with Crippen molar-refractivity contribution in [3.8, 4) is 0 Å². The van der Waals surface area contributed by atoms with E-state index in [0.29, 0.717) is 18.7 Å². The van der Waals surface area contributed by atoms with E-state index in [1.807, 2.05) is 45.0 Å². The van der Waals surface area contributed by atoms with Crippen LogP contribution < -0.4 is 4.90 Å². The van der Waals surface area contributed by atoms with Crippen LogP contribution in [0, 0.1) is 0 Å². The van der Waals surface area contributed by atoms with Gasteiger partial charge in [-0.3, -0.25) is 0 Å². The Morgan fingerprint density at radius 2 is 1.56 bits per heavy atom. The van der Waals surface area contributed by atoms with E-state index in [1.165, 1.54) is 7.11 Å². The zero-order valence-corrected chi connectivity index (χ0v) is 16.3. The maximum Gasteiger partial charge on any atom is 0.410 e. The first-order valence-electron chi connectivity index (χ1n) is 9.12. The number of ether oxygens (including phenoxy) is 2. The number of esters is 1. The Morgan fingerprint density at radius 3 is 2.19 bits per heavy atom. The summed E-state index contributed by atoms with van der Waals surface area (Å²) in [5.74, 6) is -0.334. The molecule has 2 aromatic rings. The smallest absolute Gasteiger partial charge is 0.410 e. The molecule has 0 unspecified atom stereocenters. The lowest BCUT2D eigenvalue weighted by Crippen LogP contribution is -2.50. The highest BCUT2D eigenvalue weighted by atomic mass is 16.6. The lowest BCUT2D eigenvalue weighted by Gasteiger charge is -2.36. The molecule has 0 bridgehead atoms. The quantitative estimate of drug-likeness (QED) is 0.755. The van der Waals surface area contributed by atoms with Crippen LogP contribution in [-0.2, 0) is 9.47 Å². The van der Waals surface area contributed by atoms with Gasteiger partial charge in [0.15, 0.2) is 0 Å². The number of amides is 1. The number of hydrogen-bond acceptors (Lipinski definition) is 5. The van der Waals surface area contributed by atoms with Crippen molar-refractivity contribution in [3.63, 3.8) is 0 Å². The molecule has 0 aromatic heterocycles. The van der Waals surface area contributed by atoms with Gasteiger partial charge in [0.2, 0.25) is 0 Å². The number of rotatable bonds is 2. The normalized spacial score (nSPS) is 15.0. The second-order valence-electron chi connectivity index (χ2n) is 7.69. The molecule has 1 fully saturated rings. The van der Waals surface area contributed by atoms with Crippen molar-refractivity contribution in [1.82, 2.24) is 4.90 Å². The summed E-state index contributed by atoms with van der Waals surface area (Å²) in [5, 5.41) is 2.06. The highest BCUT2D eigenvalue weighted by molar-refractivity contribution is 5.96. The number of piperazine rings is 1. The second kappa shape index (κ2) is 7.47. The second-order valence-corrected chi connectivity index (χ2v) is 7.69. The summed E-state index contributed by atoms with van der Waals surface area (Å²) in [4.78, 5) is 27.9. The van der Waals surface area contributed by atoms with Gasteiger partial charge in [0.1, 0.15) is 5.60 Å². The predicted octanol–water partition coefficient (Wildman–Crippen LogP) is 3.68. The first-order chi connectivity index (χ1) is 12.8. The van der Waals surface area contributed by atoms with Crippen molar-refractivity contribution >= 4 is 28.5 Å². The average molecular weight is 370 g/mol. The van der Waals surface area contributed by atoms with Crippen LogP contribution in [0.4, 0.5) is 10.5 Å². The molecule has 1 heterocycles. The van der Waals surface area contributed by atoms with Crippen LogP contribution in [0.2, 0.25) is 0 Å². The van der Waals surface area contributed by atoms with E-state index in [1.54, 1.807) is 11.0 Å². The third kappa shape index (κ3) is 4.51. The van der Waals surface area contributed by atoms with Crippen molar-refractivity contribution in [3.05, 3.63) is 42.0 Å². The van der Waals surface area contributed by atoms with Gasteiger partial charge in [0.05, 0.1) is 12.7 Å². The Labute approximate surface area is 159 Å². The summed E-state index contributed by atoms with van der Waals surface area (Å²) < 4.78 is 10.2. The number of nitrogens with zero attached hydrogens (tertiary/aromatic N) is 2. The van der Waals surface area contributed by atoms with E-state index in [2.05, 4.69) is 11.0 Å². The summed E-state index contributed by atoms with van der Waals surface area (Å²) in [6.07, 6.45) is -0.254. The van der Waals surface area contributed by atoms with Gasteiger partial charge >= 0.3 is 12.1 Å². The molecule has 1 saturated heterocycles. The van der Waals surface area contributed by atoms with Gasteiger partial charge < -0.3 is 19.3 Å². The fourth-order valence-electron chi connectivity index (χ4n) is 3.15. The van der Waals surface area contributed by atoms with Crippen LogP contribution in [0.5, 0.6) is 0 Å². The van der Waals surface area contributed by atoms with Crippen LogP contribution in [0.15, 0.2) is 36.4 Å². The number of carbonyl (C=O) groups excluding carboxylic acids is 2. The van der Waals surface area contributed by atoms with Gasteiger partial charge in [-0.05, 0) is 55.8 Å². The van der Waals surface area contributed by atoms with E-state index in [9.17, 15) is 9.59 Å². The molecule has 0 radical (unpaired) electrons. The number of carbonyl (C=O) groups is 2. The van der Waals surface area contributed by atoms with Crippen molar-refractivity contribution in [2.45, 2.75) is 26.4 Å². The van der Waals surface area contributed by atoms with Gasteiger partial charge in [-0.25, -0.2) is 9.59 Å². The summed E-state index contributed by atoms with van der Waals surface area (Å²) in [6.45, 7) is 8.41. The Kier molecular flexibility index (Phi) is 5.26. The van der Waals surface area contributed by atoms with Gasteiger partial charge in [-0.1, -0.05) is 12.1 Å². The molecule has 27 heavy (non-hydrogen) atoms. The van der Waals surface area contributed by atoms with Gasteiger partial charge in [-0.2, -0.15) is 0 Å². The first kappa shape index (κ1) is 19.0. The largest absolute Gasteiger partial charge is 0.465 e. The minimum atomic E-state index is -0.477. The minimum absolute atomic E-state index is 0.254. The molecule has 2 aromatic carbocycles. The molecule has 1 aliphatic heterocycles. The van der Waals surface area contributed by atoms with Crippen molar-refractivity contribution in [2.24, 2.45) is 0 Å². The molecule has 0 N–H and O–H groups in total. The minimum Gasteiger partial charge on any atom is -0.465 e. The molecule has 144 valence electrons. The molecular formula is C21H26N2O4. The summed E-state index contributed by atoms with van der Waals surface area (Å²) in [7, 11) is 1.38. The monoisotopic (exact) mass is 370 g/mol. The van der Waals surface area contributed by atoms with E-state index >= 15 is 0 Å². The Balaban J connectivity index is 1.68. The maximum atomic E-state index is 12.2. The lowest BCUT2D eigenvalue weighted by atomic mass is 10.1. The molecular weight excluding hydrogens is 344 g/mol. The Hall–Kier alpha value is -2.76.